The minimum absolute atomic E-state index is 0.774. The molecule has 0 amide bonds. The van der Waals surface area contributed by atoms with Gasteiger partial charge in [-0.3, -0.25) is 9.80 Å². The van der Waals surface area contributed by atoms with Gasteiger partial charge < -0.3 is 5.32 Å². The predicted octanol–water partition coefficient (Wildman–Crippen LogP) is 2.32. The van der Waals surface area contributed by atoms with Gasteiger partial charge in [-0.15, -0.1) is 0 Å². The lowest BCUT2D eigenvalue weighted by Crippen LogP contribution is -2.54. The van der Waals surface area contributed by atoms with Crippen LogP contribution in [-0.2, 0) is 0 Å². The summed E-state index contributed by atoms with van der Waals surface area (Å²) in [6, 6.07) is 1.65. The fourth-order valence-corrected chi connectivity index (χ4v) is 3.65. The normalized spacial score (nSPS) is 28.7. The summed E-state index contributed by atoms with van der Waals surface area (Å²) in [6.45, 7) is 12.2. The second-order valence-electron chi connectivity index (χ2n) is 6.40. The van der Waals surface area contributed by atoms with Crippen molar-refractivity contribution in [3.05, 3.63) is 0 Å². The van der Waals surface area contributed by atoms with Crippen LogP contribution in [0.15, 0.2) is 0 Å². The summed E-state index contributed by atoms with van der Waals surface area (Å²) in [6.07, 6.45) is 8.40. The highest BCUT2D eigenvalue weighted by molar-refractivity contribution is 4.90. The number of nitrogens with zero attached hydrogens (tertiary/aromatic N) is 2. The Hall–Kier alpha value is -0.120. The SMILES string of the molecule is CCNCCCCCCN1CC2CCCN2CC1C. The Bertz CT molecular complexity index is 244. The number of piperazine rings is 1. The summed E-state index contributed by atoms with van der Waals surface area (Å²) in [4.78, 5) is 5.47. The summed E-state index contributed by atoms with van der Waals surface area (Å²) < 4.78 is 0. The smallest absolute Gasteiger partial charge is 0.0224 e. The molecule has 3 nitrogen and oxygen atoms in total. The molecule has 0 spiro atoms. The monoisotopic (exact) mass is 267 g/mol. The Labute approximate surface area is 119 Å². The van der Waals surface area contributed by atoms with Crippen molar-refractivity contribution in [2.45, 2.75) is 64.5 Å². The van der Waals surface area contributed by atoms with Crippen molar-refractivity contribution in [3.63, 3.8) is 0 Å². The summed E-state index contributed by atoms with van der Waals surface area (Å²) in [5, 5.41) is 3.40. The molecule has 0 aliphatic carbocycles. The summed E-state index contributed by atoms with van der Waals surface area (Å²) >= 11 is 0. The number of fused-ring (bicyclic) bond motifs is 1. The second kappa shape index (κ2) is 8.23. The van der Waals surface area contributed by atoms with Crippen LogP contribution < -0.4 is 5.32 Å². The lowest BCUT2D eigenvalue weighted by Gasteiger charge is -2.42. The molecule has 2 atom stereocenters. The first-order valence-corrected chi connectivity index (χ1v) is 8.50. The van der Waals surface area contributed by atoms with E-state index in [1.165, 1.54) is 71.2 Å². The van der Waals surface area contributed by atoms with E-state index >= 15 is 0 Å². The summed E-state index contributed by atoms with van der Waals surface area (Å²) in [7, 11) is 0. The van der Waals surface area contributed by atoms with Crippen molar-refractivity contribution < 1.29 is 0 Å². The van der Waals surface area contributed by atoms with Crippen LogP contribution in [0.4, 0.5) is 0 Å². The lowest BCUT2D eigenvalue weighted by molar-refractivity contribution is 0.0583. The molecule has 2 fully saturated rings. The number of hydrogen-bond donors (Lipinski definition) is 1. The van der Waals surface area contributed by atoms with E-state index in [2.05, 4.69) is 29.0 Å². The Morgan fingerprint density at radius 3 is 2.79 bits per heavy atom. The van der Waals surface area contributed by atoms with Crippen molar-refractivity contribution in [1.82, 2.24) is 15.1 Å². The topological polar surface area (TPSA) is 18.5 Å². The molecule has 2 rings (SSSR count). The number of nitrogens with one attached hydrogen (secondary N) is 1. The van der Waals surface area contributed by atoms with Crippen molar-refractivity contribution >= 4 is 0 Å². The molecular weight excluding hydrogens is 234 g/mol. The third-order valence-electron chi connectivity index (χ3n) is 4.87. The Morgan fingerprint density at radius 2 is 1.95 bits per heavy atom. The number of rotatable bonds is 8. The maximum atomic E-state index is 3.40. The average molecular weight is 267 g/mol. The molecule has 0 aromatic heterocycles. The molecule has 19 heavy (non-hydrogen) atoms. The highest BCUT2D eigenvalue weighted by Crippen LogP contribution is 2.24. The first-order chi connectivity index (χ1) is 9.31. The standard InChI is InChI=1S/C16H33N3/c1-3-17-10-6-4-5-7-11-18-14-16-9-8-12-19(16)13-15(18)2/h15-17H,3-14H2,1-2H3. The fourth-order valence-electron chi connectivity index (χ4n) is 3.65. The van der Waals surface area contributed by atoms with Crippen LogP contribution in [0.25, 0.3) is 0 Å². The molecular formula is C16H33N3. The minimum Gasteiger partial charge on any atom is -0.317 e. The zero-order chi connectivity index (χ0) is 13.5. The third kappa shape index (κ3) is 4.73. The van der Waals surface area contributed by atoms with Gasteiger partial charge in [0.25, 0.3) is 0 Å². The van der Waals surface area contributed by atoms with Crippen LogP contribution in [0.1, 0.15) is 52.4 Å². The van der Waals surface area contributed by atoms with Gasteiger partial charge in [0.2, 0.25) is 0 Å². The molecule has 0 aromatic carbocycles. The van der Waals surface area contributed by atoms with E-state index in [1.807, 2.05) is 0 Å². The van der Waals surface area contributed by atoms with Crippen LogP contribution >= 0.6 is 0 Å². The zero-order valence-corrected chi connectivity index (χ0v) is 13.0. The molecule has 1 N–H and O–H groups in total. The third-order valence-corrected chi connectivity index (χ3v) is 4.87. The molecule has 2 saturated heterocycles. The van der Waals surface area contributed by atoms with Gasteiger partial charge in [0.05, 0.1) is 0 Å². The molecule has 0 radical (unpaired) electrons. The predicted molar refractivity (Wildman–Crippen MR) is 82.6 cm³/mol. The maximum absolute atomic E-state index is 3.40. The summed E-state index contributed by atoms with van der Waals surface area (Å²) in [5.41, 5.74) is 0. The van der Waals surface area contributed by atoms with Gasteiger partial charge in [0.1, 0.15) is 0 Å². The van der Waals surface area contributed by atoms with Gasteiger partial charge >= 0.3 is 0 Å². The van der Waals surface area contributed by atoms with Crippen molar-refractivity contribution in [3.8, 4) is 0 Å². The molecule has 0 bridgehead atoms. The number of unbranched alkanes of at least 4 members (excludes halogenated alkanes) is 3. The van der Waals surface area contributed by atoms with Crippen molar-refractivity contribution in [1.29, 1.82) is 0 Å². The van der Waals surface area contributed by atoms with Crippen LogP contribution in [0.3, 0.4) is 0 Å². The van der Waals surface area contributed by atoms with Crippen LogP contribution in [0, 0.1) is 0 Å². The molecule has 112 valence electrons. The lowest BCUT2D eigenvalue weighted by atomic mass is 10.1. The maximum Gasteiger partial charge on any atom is 0.0224 e. The molecule has 2 aliphatic rings. The highest BCUT2D eigenvalue weighted by Gasteiger charge is 2.33. The van der Waals surface area contributed by atoms with Gasteiger partial charge in [-0.2, -0.15) is 0 Å². The second-order valence-corrected chi connectivity index (χ2v) is 6.40. The summed E-state index contributed by atoms with van der Waals surface area (Å²) in [5.74, 6) is 0. The number of hydrogen-bond acceptors (Lipinski definition) is 3. The van der Waals surface area contributed by atoms with E-state index in [0.717, 1.165) is 18.6 Å². The zero-order valence-electron chi connectivity index (χ0n) is 13.0. The van der Waals surface area contributed by atoms with Crippen LogP contribution in [-0.4, -0.2) is 61.2 Å². The van der Waals surface area contributed by atoms with Gasteiger partial charge in [0, 0.05) is 25.2 Å². The van der Waals surface area contributed by atoms with Gasteiger partial charge in [0.15, 0.2) is 0 Å². The highest BCUT2D eigenvalue weighted by atomic mass is 15.3. The van der Waals surface area contributed by atoms with E-state index in [-0.39, 0.29) is 0 Å². The van der Waals surface area contributed by atoms with Crippen molar-refractivity contribution in [2.75, 3.05) is 39.3 Å². The molecule has 3 heteroatoms. The molecule has 2 unspecified atom stereocenters. The Morgan fingerprint density at radius 1 is 1.11 bits per heavy atom. The van der Waals surface area contributed by atoms with E-state index < -0.39 is 0 Å². The first kappa shape index (κ1) is 15.3. The van der Waals surface area contributed by atoms with Crippen molar-refractivity contribution in [2.24, 2.45) is 0 Å². The van der Waals surface area contributed by atoms with Gasteiger partial charge in [-0.1, -0.05) is 19.8 Å². The largest absolute Gasteiger partial charge is 0.317 e. The minimum atomic E-state index is 0.774. The fraction of sp³-hybridized carbons (Fsp3) is 1.00. The van der Waals surface area contributed by atoms with Crippen LogP contribution in [0.5, 0.6) is 0 Å². The molecule has 0 saturated carbocycles. The van der Waals surface area contributed by atoms with Crippen LogP contribution in [0.2, 0.25) is 0 Å². The molecule has 2 heterocycles. The van der Waals surface area contributed by atoms with E-state index in [4.69, 9.17) is 0 Å². The van der Waals surface area contributed by atoms with E-state index in [1.54, 1.807) is 0 Å². The Kier molecular flexibility index (Phi) is 6.62. The quantitative estimate of drug-likeness (QED) is 0.681. The van der Waals surface area contributed by atoms with Gasteiger partial charge in [-0.25, -0.2) is 0 Å². The van der Waals surface area contributed by atoms with Gasteiger partial charge in [-0.05, 0) is 58.8 Å². The average Bonchev–Trinajstić information content (AvgIpc) is 2.84. The van der Waals surface area contributed by atoms with E-state index in [9.17, 15) is 0 Å². The Balaban J connectivity index is 1.55. The first-order valence-electron chi connectivity index (χ1n) is 8.50. The van der Waals surface area contributed by atoms with E-state index in [0.29, 0.717) is 0 Å². The molecule has 2 aliphatic heterocycles. The molecule has 0 aromatic rings.